The lowest BCUT2D eigenvalue weighted by atomic mass is 10.1. The van der Waals surface area contributed by atoms with Crippen molar-refractivity contribution in [3.63, 3.8) is 0 Å². The summed E-state index contributed by atoms with van der Waals surface area (Å²) >= 11 is 6.18. The number of benzene rings is 1. The van der Waals surface area contributed by atoms with Crippen molar-refractivity contribution < 1.29 is 19.5 Å². The van der Waals surface area contributed by atoms with E-state index in [0.29, 0.717) is 11.4 Å². The Morgan fingerprint density at radius 1 is 1.11 bits per heavy atom. The zero-order chi connectivity index (χ0) is 19.8. The Kier molecular flexibility index (Phi) is 4.89. The molecule has 1 fully saturated rings. The summed E-state index contributed by atoms with van der Waals surface area (Å²) < 4.78 is 0. The number of aromatic nitrogens is 1. The van der Waals surface area contributed by atoms with Crippen LogP contribution in [0.15, 0.2) is 42.7 Å². The van der Waals surface area contributed by atoms with Crippen molar-refractivity contribution in [2.24, 2.45) is 17.3 Å². The minimum absolute atomic E-state index is 0.166. The number of rotatable bonds is 5. The molecule has 0 bridgehead atoms. The van der Waals surface area contributed by atoms with Crippen LogP contribution in [0.5, 0.6) is 0 Å². The number of carboxylic acid groups (broad SMARTS) is 1. The van der Waals surface area contributed by atoms with Gasteiger partial charge < -0.3 is 15.7 Å². The summed E-state index contributed by atoms with van der Waals surface area (Å²) in [7, 11) is 0. The van der Waals surface area contributed by atoms with Crippen LogP contribution in [0, 0.1) is 17.3 Å². The summed E-state index contributed by atoms with van der Waals surface area (Å²) in [6, 6.07) is 7.90. The summed E-state index contributed by atoms with van der Waals surface area (Å²) in [5.41, 5.74) is 0.582. The van der Waals surface area contributed by atoms with Crippen molar-refractivity contribution >= 4 is 40.8 Å². The van der Waals surface area contributed by atoms with Crippen LogP contribution in [-0.2, 0) is 9.59 Å². The average Bonchev–Trinajstić information content (AvgIpc) is 3.18. The predicted molar refractivity (Wildman–Crippen MR) is 101 cm³/mol. The quantitative estimate of drug-likeness (QED) is 0.729. The van der Waals surface area contributed by atoms with Crippen LogP contribution in [0.4, 0.5) is 11.4 Å². The first-order valence-electron chi connectivity index (χ1n) is 8.26. The van der Waals surface area contributed by atoms with Gasteiger partial charge in [0.25, 0.3) is 5.91 Å². The maximum Gasteiger partial charge on any atom is 0.307 e. The van der Waals surface area contributed by atoms with Crippen LogP contribution < -0.4 is 10.6 Å². The van der Waals surface area contributed by atoms with E-state index in [1.165, 1.54) is 18.3 Å². The molecular formula is C19H18ClN3O4. The molecule has 3 N–H and O–H groups in total. The number of hydrogen-bond donors (Lipinski definition) is 3. The van der Waals surface area contributed by atoms with E-state index in [0.717, 1.165) is 0 Å². The van der Waals surface area contributed by atoms with E-state index >= 15 is 0 Å². The molecule has 3 rings (SSSR count). The first-order valence-corrected chi connectivity index (χ1v) is 8.64. The maximum absolute atomic E-state index is 12.4. The van der Waals surface area contributed by atoms with Gasteiger partial charge in [-0.15, -0.1) is 0 Å². The van der Waals surface area contributed by atoms with Gasteiger partial charge in [0.15, 0.2) is 0 Å². The van der Waals surface area contributed by atoms with Gasteiger partial charge in [0.1, 0.15) is 0 Å². The molecule has 0 radical (unpaired) electrons. The van der Waals surface area contributed by atoms with Gasteiger partial charge in [-0.1, -0.05) is 25.4 Å². The van der Waals surface area contributed by atoms with Gasteiger partial charge in [-0.3, -0.25) is 19.4 Å². The van der Waals surface area contributed by atoms with E-state index in [1.807, 2.05) is 0 Å². The standard InChI is InChI=1S/C19H18ClN3O4/c1-19(2)14(15(19)18(26)27)17(25)22-10-5-6-12(13(20)8-10)16(24)23-11-4-3-7-21-9-11/h3-9,14-15H,1-2H3,(H,22,25)(H,23,24)(H,26,27)/t14-,15+/m1/s1. The molecule has 2 atom stereocenters. The van der Waals surface area contributed by atoms with Gasteiger partial charge in [0.2, 0.25) is 5.91 Å². The second kappa shape index (κ2) is 7.00. The first-order chi connectivity index (χ1) is 12.7. The highest BCUT2D eigenvalue weighted by Crippen LogP contribution is 2.58. The Morgan fingerprint density at radius 2 is 1.85 bits per heavy atom. The molecule has 1 aromatic carbocycles. The number of halogens is 1. The van der Waals surface area contributed by atoms with Crippen LogP contribution in [0.3, 0.4) is 0 Å². The highest BCUT2D eigenvalue weighted by molar-refractivity contribution is 6.34. The van der Waals surface area contributed by atoms with E-state index in [1.54, 1.807) is 38.2 Å². The Bertz CT molecular complexity index is 914. The van der Waals surface area contributed by atoms with E-state index in [2.05, 4.69) is 15.6 Å². The van der Waals surface area contributed by atoms with Gasteiger partial charge in [0, 0.05) is 11.9 Å². The van der Waals surface area contributed by atoms with Crippen LogP contribution in [0.1, 0.15) is 24.2 Å². The van der Waals surface area contributed by atoms with Crippen molar-refractivity contribution in [3.05, 3.63) is 53.3 Å². The number of nitrogens with one attached hydrogen (secondary N) is 2. The molecule has 27 heavy (non-hydrogen) atoms. The van der Waals surface area contributed by atoms with E-state index in [9.17, 15) is 19.5 Å². The fourth-order valence-corrected chi connectivity index (χ4v) is 3.49. The molecular weight excluding hydrogens is 370 g/mol. The lowest BCUT2D eigenvalue weighted by Gasteiger charge is -2.10. The third kappa shape index (κ3) is 3.78. The normalized spacial score (nSPS) is 19.8. The molecule has 0 unspecified atom stereocenters. The van der Waals surface area contributed by atoms with Gasteiger partial charge in [-0.25, -0.2) is 0 Å². The number of carbonyl (C=O) groups is 3. The summed E-state index contributed by atoms with van der Waals surface area (Å²) in [5, 5.41) is 14.7. The fraction of sp³-hybridized carbons (Fsp3) is 0.263. The van der Waals surface area contributed by atoms with Gasteiger partial charge in [-0.05, 0) is 35.7 Å². The van der Waals surface area contributed by atoms with Crippen LogP contribution in [0.2, 0.25) is 5.02 Å². The molecule has 8 heteroatoms. The Hall–Kier alpha value is -2.93. The molecule has 1 saturated carbocycles. The molecule has 140 valence electrons. The van der Waals surface area contributed by atoms with Crippen molar-refractivity contribution in [2.45, 2.75) is 13.8 Å². The molecule has 0 spiro atoms. The lowest BCUT2D eigenvalue weighted by molar-refractivity contribution is -0.140. The number of carboxylic acids is 1. The third-order valence-corrected chi connectivity index (χ3v) is 5.09. The molecule has 1 aliphatic carbocycles. The predicted octanol–water partition coefficient (Wildman–Crippen LogP) is 3.28. The number of hydrogen-bond acceptors (Lipinski definition) is 4. The van der Waals surface area contributed by atoms with Gasteiger partial charge >= 0.3 is 5.97 Å². The average molecular weight is 388 g/mol. The Labute approximate surface area is 160 Å². The van der Waals surface area contributed by atoms with Crippen LogP contribution in [-0.4, -0.2) is 27.9 Å². The summed E-state index contributed by atoms with van der Waals surface area (Å²) in [5.74, 6) is -3.09. The SMILES string of the molecule is CC1(C)[C@H](C(=O)O)[C@@H]1C(=O)Nc1ccc(C(=O)Nc2cccnc2)c(Cl)c1. The summed E-state index contributed by atoms with van der Waals surface area (Å²) in [6.45, 7) is 3.49. The van der Waals surface area contributed by atoms with Crippen molar-refractivity contribution in [3.8, 4) is 0 Å². The molecule has 0 saturated heterocycles. The Morgan fingerprint density at radius 3 is 2.41 bits per heavy atom. The minimum Gasteiger partial charge on any atom is -0.481 e. The summed E-state index contributed by atoms with van der Waals surface area (Å²) in [6.07, 6.45) is 3.10. The largest absolute Gasteiger partial charge is 0.481 e. The van der Waals surface area contributed by atoms with Crippen molar-refractivity contribution in [2.75, 3.05) is 10.6 Å². The second-order valence-corrected chi connectivity index (χ2v) is 7.40. The van der Waals surface area contributed by atoms with Crippen molar-refractivity contribution in [1.29, 1.82) is 0 Å². The van der Waals surface area contributed by atoms with Crippen LogP contribution >= 0.6 is 11.6 Å². The van der Waals surface area contributed by atoms with Gasteiger partial charge in [0.05, 0.1) is 34.3 Å². The van der Waals surface area contributed by atoms with E-state index in [4.69, 9.17) is 11.6 Å². The van der Waals surface area contributed by atoms with Crippen molar-refractivity contribution in [1.82, 2.24) is 4.98 Å². The number of nitrogens with zero attached hydrogens (tertiary/aromatic N) is 1. The number of amides is 2. The lowest BCUT2D eigenvalue weighted by Crippen LogP contribution is -2.18. The smallest absolute Gasteiger partial charge is 0.307 e. The fourth-order valence-electron chi connectivity index (χ4n) is 3.22. The third-order valence-electron chi connectivity index (χ3n) is 4.78. The molecule has 2 aromatic rings. The Balaban J connectivity index is 1.69. The number of anilines is 2. The minimum atomic E-state index is -0.986. The van der Waals surface area contributed by atoms with Gasteiger partial charge in [-0.2, -0.15) is 0 Å². The highest BCUT2D eigenvalue weighted by atomic mass is 35.5. The molecule has 0 aliphatic heterocycles. The first kappa shape index (κ1) is 18.8. The molecule has 2 amide bonds. The number of aliphatic carboxylic acids is 1. The van der Waals surface area contributed by atoms with Crippen LogP contribution in [0.25, 0.3) is 0 Å². The number of carbonyl (C=O) groups excluding carboxylic acids is 2. The zero-order valence-corrected chi connectivity index (χ0v) is 15.4. The molecule has 7 nitrogen and oxygen atoms in total. The van der Waals surface area contributed by atoms with E-state index < -0.39 is 29.1 Å². The second-order valence-electron chi connectivity index (χ2n) is 6.99. The maximum atomic E-state index is 12.4. The molecule has 1 aliphatic rings. The molecule has 1 aromatic heterocycles. The van der Waals surface area contributed by atoms with E-state index in [-0.39, 0.29) is 16.5 Å². The highest BCUT2D eigenvalue weighted by Gasteiger charge is 2.65. The monoisotopic (exact) mass is 387 g/mol. The summed E-state index contributed by atoms with van der Waals surface area (Å²) in [4.78, 5) is 39.8. The topological polar surface area (TPSA) is 108 Å². The molecule has 1 heterocycles. The number of pyridine rings is 1. The zero-order valence-electron chi connectivity index (χ0n) is 14.7.